The van der Waals surface area contributed by atoms with Crippen molar-refractivity contribution < 1.29 is 14.3 Å². The number of pyridine rings is 2. The Morgan fingerprint density at radius 3 is 2.76 bits per heavy atom. The molecule has 3 N–H and O–H groups in total. The van der Waals surface area contributed by atoms with Crippen LogP contribution in [0.2, 0.25) is 0 Å². The van der Waals surface area contributed by atoms with Gasteiger partial charge in [-0.3, -0.25) is 24.2 Å². The van der Waals surface area contributed by atoms with E-state index in [9.17, 15) is 9.59 Å². The van der Waals surface area contributed by atoms with E-state index >= 15 is 0 Å². The lowest BCUT2D eigenvalue weighted by atomic mass is 10.2. The fourth-order valence-corrected chi connectivity index (χ4v) is 4.36. The summed E-state index contributed by atoms with van der Waals surface area (Å²) >= 11 is 0. The molecule has 0 aromatic carbocycles. The number of hydrogen-bond acceptors (Lipinski definition) is 7. The SMILES string of the molecule is Cc1ncc(NC(=O)CN2CC(C)OCC2C)cc1NC(=O)c1cnc2[nH]c(-c3cnn(C)c3)cc2c1. The van der Waals surface area contributed by atoms with E-state index in [1.807, 2.05) is 33.2 Å². The average Bonchev–Trinajstić information content (AvgIpc) is 3.49. The summed E-state index contributed by atoms with van der Waals surface area (Å²) in [6.45, 7) is 7.40. The van der Waals surface area contributed by atoms with Crippen molar-refractivity contribution in [3.05, 3.63) is 54.2 Å². The molecule has 2 unspecified atom stereocenters. The van der Waals surface area contributed by atoms with Gasteiger partial charge in [0.1, 0.15) is 5.65 Å². The highest BCUT2D eigenvalue weighted by atomic mass is 16.5. The summed E-state index contributed by atoms with van der Waals surface area (Å²) < 4.78 is 7.36. The highest BCUT2D eigenvalue weighted by Crippen LogP contribution is 2.24. The van der Waals surface area contributed by atoms with Crippen LogP contribution in [0.1, 0.15) is 29.9 Å². The number of fused-ring (bicyclic) bond motifs is 1. The largest absolute Gasteiger partial charge is 0.376 e. The molecule has 0 radical (unpaired) electrons. The van der Waals surface area contributed by atoms with E-state index in [4.69, 9.17) is 4.74 Å². The van der Waals surface area contributed by atoms with Gasteiger partial charge >= 0.3 is 0 Å². The van der Waals surface area contributed by atoms with E-state index < -0.39 is 0 Å². The van der Waals surface area contributed by atoms with Crippen LogP contribution in [0.4, 0.5) is 11.4 Å². The number of nitrogens with one attached hydrogen (secondary N) is 3. The van der Waals surface area contributed by atoms with Crippen LogP contribution in [0.25, 0.3) is 22.3 Å². The molecule has 11 heteroatoms. The Kier molecular flexibility index (Phi) is 6.72. The predicted molar refractivity (Wildman–Crippen MR) is 140 cm³/mol. The minimum Gasteiger partial charge on any atom is -0.376 e. The minimum absolute atomic E-state index is 0.0915. The molecular formula is C26H30N8O3. The van der Waals surface area contributed by atoms with Gasteiger partial charge in [0, 0.05) is 43.0 Å². The molecule has 0 aliphatic carbocycles. The third-order valence-corrected chi connectivity index (χ3v) is 6.45. The minimum atomic E-state index is -0.317. The molecule has 192 valence electrons. The van der Waals surface area contributed by atoms with E-state index in [-0.39, 0.29) is 30.5 Å². The highest BCUT2D eigenvalue weighted by Gasteiger charge is 2.25. The number of morpholine rings is 1. The number of ether oxygens (including phenoxy) is 1. The molecule has 0 bridgehead atoms. The van der Waals surface area contributed by atoms with Crippen molar-refractivity contribution in [2.75, 3.05) is 30.3 Å². The Morgan fingerprint density at radius 1 is 1.14 bits per heavy atom. The number of rotatable bonds is 6. The molecule has 1 fully saturated rings. The molecule has 11 nitrogen and oxygen atoms in total. The summed E-state index contributed by atoms with van der Waals surface area (Å²) in [6.07, 6.45) is 6.87. The lowest BCUT2D eigenvalue weighted by Gasteiger charge is -2.36. The Labute approximate surface area is 214 Å². The first-order valence-corrected chi connectivity index (χ1v) is 12.2. The zero-order valence-electron chi connectivity index (χ0n) is 21.3. The molecule has 0 spiro atoms. The molecule has 5 heterocycles. The summed E-state index contributed by atoms with van der Waals surface area (Å²) in [4.78, 5) is 39.8. The van der Waals surface area contributed by atoms with Crippen molar-refractivity contribution in [1.82, 2.24) is 29.6 Å². The van der Waals surface area contributed by atoms with Gasteiger partial charge in [0.15, 0.2) is 0 Å². The second-order valence-electron chi connectivity index (χ2n) is 9.53. The van der Waals surface area contributed by atoms with Crippen molar-refractivity contribution in [2.24, 2.45) is 7.05 Å². The van der Waals surface area contributed by atoms with Crippen LogP contribution in [-0.4, -0.2) is 73.3 Å². The van der Waals surface area contributed by atoms with Crippen LogP contribution >= 0.6 is 0 Å². The number of aromatic nitrogens is 5. The molecule has 4 aromatic heterocycles. The molecule has 1 aliphatic rings. The lowest BCUT2D eigenvalue weighted by molar-refractivity contribution is -0.121. The molecular weight excluding hydrogens is 472 g/mol. The fraction of sp³-hybridized carbons (Fsp3) is 0.346. The van der Waals surface area contributed by atoms with Crippen LogP contribution in [0.3, 0.4) is 0 Å². The van der Waals surface area contributed by atoms with Gasteiger partial charge in [0.25, 0.3) is 5.91 Å². The van der Waals surface area contributed by atoms with Gasteiger partial charge in [0.05, 0.1) is 60.0 Å². The standard InChI is InChI=1S/C26H30N8O3/c1-15-14-37-16(2)11-34(15)13-24(35)30-21-7-22(17(3)27-10-21)32-26(36)19-5-18-6-23(31-25(18)28-8-19)20-9-29-33(4)12-20/h5-10,12,15-16H,11,13-14H2,1-4H3,(H,28,31)(H,30,35)(H,32,36). The van der Waals surface area contributed by atoms with Gasteiger partial charge in [-0.2, -0.15) is 5.10 Å². The highest BCUT2D eigenvalue weighted by molar-refractivity contribution is 6.06. The van der Waals surface area contributed by atoms with Crippen LogP contribution < -0.4 is 10.6 Å². The van der Waals surface area contributed by atoms with E-state index in [0.717, 1.165) is 16.6 Å². The number of H-pyrrole nitrogens is 1. The smallest absolute Gasteiger partial charge is 0.257 e. The Hall–Kier alpha value is -4.09. The Bertz CT molecular complexity index is 1460. The second kappa shape index (κ2) is 10.1. The first-order chi connectivity index (χ1) is 17.7. The van der Waals surface area contributed by atoms with E-state index in [0.29, 0.717) is 41.4 Å². The normalized spacial score (nSPS) is 18.2. The summed E-state index contributed by atoms with van der Waals surface area (Å²) in [5.41, 5.74) is 4.57. The van der Waals surface area contributed by atoms with Crippen LogP contribution in [0.15, 0.2) is 43.0 Å². The number of aryl methyl sites for hydroxylation is 2. The second-order valence-corrected chi connectivity index (χ2v) is 9.53. The van der Waals surface area contributed by atoms with Gasteiger partial charge < -0.3 is 20.4 Å². The number of carbonyl (C=O) groups is 2. The number of amides is 2. The summed E-state index contributed by atoms with van der Waals surface area (Å²) in [5, 5.41) is 10.8. The van der Waals surface area contributed by atoms with Gasteiger partial charge in [-0.1, -0.05) is 0 Å². The quantitative estimate of drug-likeness (QED) is 0.370. The summed E-state index contributed by atoms with van der Waals surface area (Å²) in [5.74, 6) is -0.460. The van der Waals surface area contributed by atoms with Crippen LogP contribution in [0.5, 0.6) is 0 Å². The fourth-order valence-electron chi connectivity index (χ4n) is 4.36. The van der Waals surface area contributed by atoms with Crippen molar-refractivity contribution >= 4 is 34.2 Å². The molecule has 2 atom stereocenters. The van der Waals surface area contributed by atoms with Crippen molar-refractivity contribution in [3.8, 4) is 11.3 Å². The number of aromatic amines is 1. The van der Waals surface area contributed by atoms with Crippen molar-refractivity contribution in [1.29, 1.82) is 0 Å². The maximum atomic E-state index is 13.0. The van der Waals surface area contributed by atoms with Crippen LogP contribution in [0, 0.1) is 6.92 Å². The Balaban J connectivity index is 1.27. The molecule has 0 saturated carbocycles. The Morgan fingerprint density at radius 2 is 1.97 bits per heavy atom. The van der Waals surface area contributed by atoms with Gasteiger partial charge in [-0.15, -0.1) is 0 Å². The van der Waals surface area contributed by atoms with Crippen molar-refractivity contribution in [2.45, 2.75) is 32.9 Å². The average molecular weight is 503 g/mol. The maximum absolute atomic E-state index is 13.0. The van der Waals surface area contributed by atoms with E-state index in [1.54, 1.807) is 36.1 Å². The van der Waals surface area contributed by atoms with Gasteiger partial charge in [0.2, 0.25) is 5.91 Å². The third-order valence-electron chi connectivity index (χ3n) is 6.45. The third kappa shape index (κ3) is 5.52. The molecule has 1 aliphatic heterocycles. The summed E-state index contributed by atoms with van der Waals surface area (Å²) in [6, 6.07) is 5.60. The van der Waals surface area contributed by atoms with E-state index in [2.05, 4.69) is 35.6 Å². The zero-order valence-corrected chi connectivity index (χ0v) is 21.3. The van der Waals surface area contributed by atoms with Crippen LogP contribution in [-0.2, 0) is 16.6 Å². The number of anilines is 2. The molecule has 2 amide bonds. The molecule has 4 aromatic rings. The first-order valence-electron chi connectivity index (χ1n) is 12.2. The zero-order chi connectivity index (χ0) is 26.1. The monoisotopic (exact) mass is 502 g/mol. The topological polar surface area (TPSA) is 130 Å². The van der Waals surface area contributed by atoms with Gasteiger partial charge in [-0.25, -0.2) is 4.98 Å². The molecule has 37 heavy (non-hydrogen) atoms. The maximum Gasteiger partial charge on any atom is 0.257 e. The summed E-state index contributed by atoms with van der Waals surface area (Å²) in [7, 11) is 1.86. The van der Waals surface area contributed by atoms with E-state index in [1.165, 1.54) is 6.20 Å². The first kappa shape index (κ1) is 24.6. The predicted octanol–water partition coefficient (Wildman–Crippen LogP) is 2.97. The number of nitrogens with zero attached hydrogens (tertiary/aromatic N) is 5. The number of hydrogen-bond donors (Lipinski definition) is 3. The molecule has 1 saturated heterocycles. The van der Waals surface area contributed by atoms with Gasteiger partial charge in [-0.05, 0) is 39.0 Å². The van der Waals surface area contributed by atoms with Crippen molar-refractivity contribution in [3.63, 3.8) is 0 Å². The lowest BCUT2D eigenvalue weighted by Crippen LogP contribution is -2.50. The number of carbonyl (C=O) groups excluding carboxylic acids is 2. The molecule has 5 rings (SSSR count).